The minimum atomic E-state index is -1.07. The number of ether oxygens (including phenoxy) is 1. The monoisotopic (exact) mass is 461 g/mol. The third kappa shape index (κ3) is 2.80. The molecule has 2 aromatic rings. The van der Waals surface area contributed by atoms with E-state index in [2.05, 4.69) is 21.0 Å². The number of benzene rings is 2. The van der Waals surface area contributed by atoms with Gasteiger partial charge in [-0.1, -0.05) is 39.7 Å². The SMILES string of the molecule is COC(=O)C1=NN(c2ccccc2Cl)[C@@H]2C(=O)N(c3ccc(Br)cc3)C(=O)[C@H]12. The molecule has 4 rings (SSSR count). The quantitative estimate of drug-likeness (QED) is 0.517. The van der Waals surface area contributed by atoms with Crippen LogP contribution in [0.3, 0.4) is 0 Å². The Morgan fingerprint density at radius 2 is 1.79 bits per heavy atom. The Morgan fingerprint density at radius 1 is 1.11 bits per heavy atom. The van der Waals surface area contributed by atoms with E-state index in [-0.39, 0.29) is 5.71 Å². The number of rotatable bonds is 3. The summed E-state index contributed by atoms with van der Waals surface area (Å²) in [7, 11) is 1.20. The van der Waals surface area contributed by atoms with Crippen molar-refractivity contribution in [3.63, 3.8) is 0 Å². The summed E-state index contributed by atoms with van der Waals surface area (Å²) in [6.07, 6.45) is 0. The summed E-state index contributed by atoms with van der Waals surface area (Å²) >= 11 is 9.60. The Bertz CT molecular complexity index is 1020. The molecule has 9 heteroatoms. The third-order valence-corrected chi connectivity index (χ3v) is 5.48. The van der Waals surface area contributed by atoms with Gasteiger partial charge in [0.25, 0.3) is 5.91 Å². The summed E-state index contributed by atoms with van der Waals surface area (Å²) in [6.45, 7) is 0. The van der Waals surface area contributed by atoms with Crippen LogP contribution in [-0.2, 0) is 19.1 Å². The maximum absolute atomic E-state index is 13.2. The Hall–Kier alpha value is -2.71. The van der Waals surface area contributed by atoms with E-state index in [0.717, 1.165) is 9.37 Å². The molecule has 0 aliphatic carbocycles. The minimum absolute atomic E-state index is 0.120. The van der Waals surface area contributed by atoms with Crippen LogP contribution in [0, 0.1) is 5.92 Å². The number of hydrogen-bond donors (Lipinski definition) is 0. The number of anilines is 2. The molecule has 2 heterocycles. The number of methoxy groups -OCH3 is 1. The molecule has 0 saturated carbocycles. The van der Waals surface area contributed by atoms with Crippen molar-refractivity contribution in [2.75, 3.05) is 17.0 Å². The van der Waals surface area contributed by atoms with E-state index >= 15 is 0 Å². The zero-order chi connectivity index (χ0) is 20.0. The molecule has 1 fully saturated rings. The van der Waals surface area contributed by atoms with Gasteiger partial charge in [-0.3, -0.25) is 9.59 Å². The number of carbonyl (C=O) groups is 3. The molecular weight excluding hydrogens is 450 g/mol. The Kier molecular flexibility index (Phi) is 4.68. The average Bonchev–Trinajstić information content (AvgIpc) is 3.20. The lowest BCUT2D eigenvalue weighted by molar-refractivity contribution is -0.133. The van der Waals surface area contributed by atoms with Crippen LogP contribution < -0.4 is 9.91 Å². The second-order valence-electron chi connectivity index (χ2n) is 6.18. The lowest BCUT2D eigenvalue weighted by Gasteiger charge is -2.22. The maximum atomic E-state index is 13.2. The van der Waals surface area contributed by atoms with Gasteiger partial charge in [-0.25, -0.2) is 14.7 Å². The lowest BCUT2D eigenvalue weighted by atomic mass is 9.98. The Labute approximate surface area is 173 Å². The standard InChI is InChI=1S/C19H13BrClN3O4/c1-28-19(27)15-14-16(24(22-15)13-5-3-2-4-12(13)21)18(26)23(17(14)25)11-8-6-10(20)7-9-11/h2-9,14,16H,1H3/t14-,16+/m1/s1. The molecule has 2 atom stereocenters. The minimum Gasteiger partial charge on any atom is -0.464 e. The van der Waals surface area contributed by atoms with Crippen LogP contribution in [0.4, 0.5) is 11.4 Å². The highest BCUT2D eigenvalue weighted by molar-refractivity contribution is 9.10. The molecule has 2 aromatic carbocycles. The number of hydrogen-bond acceptors (Lipinski definition) is 6. The summed E-state index contributed by atoms with van der Waals surface area (Å²) in [5, 5.41) is 5.91. The zero-order valence-corrected chi connectivity index (χ0v) is 16.8. The summed E-state index contributed by atoms with van der Waals surface area (Å²) in [4.78, 5) is 39.7. The molecule has 2 amide bonds. The van der Waals surface area contributed by atoms with Crippen molar-refractivity contribution in [2.24, 2.45) is 11.0 Å². The molecule has 0 N–H and O–H groups in total. The number of halogens is 2. The van der Waals surface area contributed by atoms with Crippen molar-refractivity contribution in [1.82, 2.24) is 0 Å². The van der Waals surface area contributed by atoms with Crippen LogP contribution in [0.25, 0.3) is 0 Å². The molecule has 0 unspecified atom stereocenters. The summed E-state index contributed by atoms with van der Waals surface area (Å²) < 4.78 is 5.59. The zero-order valence-electron chi connectivity index (χ0n) is 14.5. The van der Waals surface area contributed by atoms with Crippen LogP contribution in [0.5, 0.6) is 0 Å². The molecule has 142 valence electrons. The van der Waals surface area contributed by atoms with E-state index in [1.54, 1.807) is 48.5 Å². The summed E-state index contributed by atoms with van der Waals surface area (Å²) in [6, 6.07) is 12.5. The van der Waals surface area contributed by atoms with Crippen LogP contribution >= 0.6 is 27.5 Å². The van der Waals surface area contributed by atoms with Crippen LogP contribution in [0.15, 0.2) is 58.1 Å². The fourth-order valence-electron chi connectivity index (χ4n) is 3.37. The van der Waals surface area contributed by atoms with Gasteiger partial charge in [-0.2, -0.15) is 5.10 Å². The van der Waals surface area contributed by atoms with E-state index in [1.165, 1.54) is 12.1 Å². The van der Waals surface area contributed by atoms with Gasteiger partial charge in [0, 0.05) is 4.47 Å². The van der Waals surface area contributed by atoms with Crippen LogP contribution in [0.1, 0.15) is 0 Å². The van der Waals surface area contributed by atoms with E-state index in [9.17, 15) is 14.4 Å². The fourth-order valence-corrected chi connectivity index (χ4v) is 3.86. The molecule has 0 spiro atoms. The molecule has 0 bridgehead atoms. The smallest absolute Gasteiger partial charge is 0.355 e. The van der Waals surface area contributed by atoms with Gasteiger partial charge in [-0.15, -0.1) is 0 Å². The van der Waals surface area contributed by atoms with Crippen molar-refractivity contribution >= 4 is 62.4 Å². The van der Waals surface area contributed by atoms with Crippen molar-refractivity contribution in [3.8, 4) is 0 Å². The van der Waals surface area contributed by atoms with Gasteiger partial charge in [-0.05, 0) is 36.4 Å². The normalized spacial score (nSPS) is 21.0. The highest BCUT2D eigenvalue weighted by Gasteiger charge is 2.59. The van der Waals surface area contributed by atoms with E-state index in [1.807, 2.05) is 0 Å². The average molecular weight is 463 g/mol. The van der Waals surface area contributed by atoms with Crippen molar-refractivity contribution < 1.29 is 19.1 Å². The van der Waals surface area contributed by atoms with Crippen molar-refractivity contribution in [3.05, 3.63) is 58.0 Å². The molecule has 1 saturated heterocycles. The number of para-hydroxylation sites is 1. The molecular formula is C19H13BrClN3O4. The van der Waals surface area contributed by atoms with Gasteiger partial charge >= 0.3 is 5.97 Å². The first-order chi connectivity index (χ1) is 13.4. The maximum Gasteiger partial charge on any atom is 0.355 e. The van der Waals surface area contributed by atoms with Crippen molar-refractivity contribution in [1.29, 1.82) is 0 Å². The fraction of sp³-hybridized carbons (Fsp3) is 0.158. The summed E-state index contributed by atoms with van der Waals surface area (Å²) in [5.74, 6) is -2.85. The number of carbonyl (C=O) groups excluding carboxylic acids is 3. The summed E-state index contributed by atoms with van der Waals surface area (Å²) in [5.41, 5.74) is 0.721. The first kappa shape index (κ1) is 18.6. The van der Waals surface area contributed by atoms with Gasteiger partial charge in [0.15, 0.2) is 5.71 Å². The molecule has 0 aromatic heterocycles. The largest absolute Gasteiger partial charge is 0.464 e. The second kappa shape index (κ2) is 7.03. The number of fused-ring (bicyclic) bond motifs is 1. The van der Waals surface area contributed by atoms with E-state index in [4.69, 9.17) is 16.3 Å². The number of nitrogens with zero attached hydrogens (tertiary/aromatic N) is 3. The lowest BCUT2D eigenvalue weighted by Crippen LogP contribution is -2.39. The highest BCUT2D eigenvalue weighted by atomic mass is 79.9. The third-order valence-electron chi connectivity index (χ3n) is 4.63. The molecule has 2 aliphatic rings. The first-order valence-electron chi connectivity index (χ1n) is 8.28. The van der Waals surface area contributed by atoms with E-state index < -0.39 is 29.7 Å². The van der Waals surface area contributed by atoms with Gasteiger partial charge in [0.05, 0.1) is 23.5 Å². The molecule has 0 radical (unpaired) electrons. The Morgan fingerprint density at radius 3 is 2.43 bits per heavy atom. The molecule has 28 heavy (non-hydrogen) atoms. The predicted molar refractivity (Wildman–Crippen MR) is 107 cm³/mol. The number of hydrazone groups is 1. The number of amides is 2. The van der Waals surface area contributed by atoms with Gasteiger partial charge < -0.3 is 4.74 Å². The van der Waals surface area contributed by atoms with Crippen LogP contribution in [0.2, 0.25) is 5.02 Å². The van der Waals surface area contributed by atoms with E-state index in [0.29, 0.717) is 16.4 Å². The molecule has 7 nitrogen and oxygen atoms in total. The highest BCUT2D eigenvalue weighted by Crippen LogP contribution is 2.40. The topological polar surface area (TPSA) is 79.3 Å². The van der Waals surface area contributed by atoms with Crippen molar-refractivity contribution in [2.45, 2.75) is 6.04 Å². The molecule has 2 aliphatic heterocycles. The Balaban J connectivity index is 1.82. The van der Waals surface area contributed by atoms with Gasteiger partial charge in [0.2, 0.25) is 5.91 Å². The predicted octanol–water partition coefficient (Wildman–Crippen LogP) is 3.01. The van der Waals surface area contributed by atoms with Crippen LogP contribution in [-0.4, -0.2) is 36.6 Å². The second-order valence-corrected chi connectivity index (χ2v) is 7.51. The first-order valence-corrected chi connectivity index (χ1v) is 9.45. The number of imide groups is 1. The van der Waals surface area contributed by atoms with Gasteiger partial charge in [0.1, 0.15) is 12.0 Å². The number of esters is 1.